The zero-order valence-electron chi connectivity index (χ0n) is 17.0. The number of aliphatic imine (C=N–C) groups is 1. The smallest absolute Gasteiger partial charge is 0.191 e. The number of hydrogen-bond acceptors (Lipinski definition) is 4. The highest BCUT2D eigenvalue weighted by Crippen LogP contribution is 2.33. The number of thioether (sulfide) groups is 1. The minimum atomic E-state index is 0.236. The summed E-state index contributed by atoms with van der Waals surface area (Å²) in [6.07, 6.45) is 2.25. The van der Waals surface area contributed by atoms with Crippen molar-refractivity contribution in [3.8, 4) is 0 Å². The molecule has 0 aromatic heterocycles. The second-order valence-electron chi connectivity index (χ2n) is 7.72. The highest BCUT2D eigenvalue weighted by molar-refractivity contribution is 7.99. The molecule has 0 amide bonds. The van der Waals surface area contributed by atoms with Gasteiger partial charge in [-0.1, -0.05) is 29.3 Å². The molecule has 2 fully saturated rings. The second kappa shape index (κ2) is 9.80. The first kappa shape index (κ1) is 20.5. The number of nitrogens with zero attached hydrogens (tertiary/aromatic N) is 2. The van der Waals surface area contributed by atoms with Gasteiger partial charge in [0.2, 0.25) is 0 Å². The molecule has 3 rings (SSSR count). The van der Waals surface area contributed by atoms with Gasteiger partial charge < -0.3 is 15.4 Å². The summed E-state index contributed by atoms with van der Waals surface area (Å²) in [7, 11) is 1.86. The van der Waals surface area contributed by atoms with Crippen molar-refractivity contribution in [1.29, 1.82) is 0 Å². The highest BCUT2D eigenvalue weighted by Gasteiger charge is 2.40. The van der Waals surface area contributed by atoms with Gasteiger partial charge in [-0.2, -0.15) is 11.8 Å². The van der Waals surface area contributed by atoms with E-state index >= 15 is 0 Å². The minimum Gasteiger partial charge on any atom is -0.379 e. The highest BCUT2D eigenvalue weighted by atomic mass is 32.2. The molecule has 0 bridgehead atoms. The van der Waals surface area contributed by atoms with Gasteiger partial charge in [0.25, 0.3) is 0 Å². The maximum absolute atomic E-state index is 5.56. The number of hydrogen-bond donors (Lipinski definition) is 2. The van der Waals surface area contributed by atoms with Crippen molar-refractivity contribution in [2.45, 2.75) is 32.2 Å². The van der Waals surface area contributed by atoms with Crippen molar-refractivity contribution in [3.63, 3.8) is 0 Å². The monoisotopic (exact) mass is 390 g/mol. The Balaban J connectivity index is 1.50. The van der Waals surface area contributed by atoms with Crippen molar-refractivity contribution < 1.29 is 4.74 Å². The van der Waals surface area contributed by atoms with Gasteiger partial charge in [-0.3, -0.25) is 9.89 Å². The first-order valence-corrected chi connectivity index (χ1v) is 11.2. The van der Waals surface area contributed by atoms with E-state index in [1.807, 2.05) is 7.05 Å². The molecule has 2 aliphatic heterocycles. The lowest BCUT2D eigenvalue weighted by Crippen LogP contribution is -2.60. The molecule has 1 atom stereocenters. The zero-order chi connectivity index (χ0) is 19.1. The average Bonchev–Trinajstić information content (AvgIpc) is 3.15. The standard InChI is InChI=1S/C21H34N4OS/c1-17-12-18(2)14-19(13-17)4-6-23-20(22-3)24-15-21(5-11-27-16-21)25-7-9-26-10-8-25/h12-14H,4-11,15-16H2,1-3H3,(H2,22,23,24). The second-order valence-corrected chi connectivity index (χ2v) is 8.83. The Morgan fingerprint density at radius 1 is 1.19 bits per heavy atom. The third-order valence-electron chi connectivity index (χ3n) is 5.56. The van der Waals surface area contributed by atoms with Crippen molar-refractivity contribution in [1.82, 2.24) is 15.5 Å². The number of ether oxygens (including phenoxy) is 1. The first-order valence-electron chi connectivity index (χ1n) is 10.0. The van der Waals surface area contributed by atoms with Gasteiger partial charge in [-0.25, -0.2) is 0 Å². The molecule has 1 unspecified atom stereocenters. The van der Waals surface area contributed by atoms with Crippen LogP contribution in [0.4, 0.5) is 0 Å². The van der Waals surface area contributed by atoms with Crippen LogP contribution in [0.1, 0.15) is 23.1 Å². The predicted molar refractivity (Wildman–Crippen MR) is 116 cm³/mol. The molecule has 2 heterocycles. The summed E-state index contributed by atoms with van der Waals surface area (Å²) in [6.45, 7) is 9.96. The molecular formula is C21H34N4OS. The molecule has 0 saturated carbocycles. The Morgan fingerprint density at radius 3 is 2.56 bits per heavy atom. The largest absolute Gasteiger partial charge is 0.379 e. The first-order chi connectivity index (χ1) is 13.1. The van der Waals surface area contributed by atoms with E-state index in [0.29, 0.717) is 0 Å². The molecule has 1 aromatic rings. The molecule has 27 heavy (non-hydrogen) atoms. The van der Waals surface area contributed by atoms with Crippen LogP contribution in [-0.4, -0.2) is 74.3 Å². The van der Waals surface area contributed by atoms with Crippen LogP contribution < -0.4 is 10.6 Å². The van der Waals surface area contributed by atoms with Gasteiger partial charge in [0.05, 0.1) is 13.2 Å². The summed E-state index contributed by atoms with van der Waals surface area (Å²) in [5.74, 6) is 3.35. The van der Waals surface area contributed by atoms with E-state index in [2.05, 4.69) is 64.3 Å². The van der Waals surface area contributed by atoms with Crippen molar-refractivity contribution in [3.05, 3.63) is 34.9 Å². The van der Waals surface area contributed by atoms with E-state index < -0.39 is 0 Å². The summed E-state index contributed by atoms with van der Waals surface area (Å²) in [6, 6.07) is 6.77. The van der Waals surface area contributed by atoms with Crippen LogP contribution >= 0.6 is 11.8 Å². The molecule has 2 saturated heterocycles. The average molecular weight is 391 g/mol. The fraction of sp³-hybridized carbons (Fsp3) is 0.667. The normalized spacial score (nSPS) is 24.2. The van der Waals surface area contributed by atoms with Crippen LogP contribution in [0.2, 0.25) is 0 Å². The molecule has 2 N–H and O–H groups in total. The number of morpholine rings is 1. The van der Waals surface area contributed by atoms with Crippen molar-refractivity contribution in [2.75, 3.05) is 57.9 Å². The lowest BCUT2D eigenvalue weighted by molar-refractivity contribution is -0.0120. The molecule has 1 aromatic carbocycles. The Labute approximate surface area is 168 Å². The van der Waals surface area contributed by atoms with Gasteiger partial charge in [-0.15, -0.1) is 0 Å². The summed E-state index contributed by atoms with van der Waals surface area (Å²) >= 11 is 2.07. The number of nitrogens with one attached hydrogen (secondary N) is 2. The molecule has 0 radical (unpaired) electrons. The van der Waals surface area contributed by atoms with Crippen LogP contribution in [0.15, 0.2) is 23.2 Å². The third kappa shape index (κ3) is 5.62. The molecule has 150 valence electrons. The van der Waals surface area contributed by atoms with E-state index in [1.165, 1.54) is 34.6 Å². The van der Waals surface area contributed by atoms with E-state index in [1.54, 1.807) is 0 Å². The predicted octanol–water partition coefficient (Wildman–Crippen LogP) is 2.22. The van der Waals surface area contributed by atoms with Crippen molar-refractivity contribution >= 4 is 17.7 Å². The third-order valence-corrected chi connectivity index (χ3v) is 6.79. The Morgan fingerprint density at radius 2 is 1.93 bits per heavy atom. The summed E-state index contributed by atoms with van der Waals surface area (Å²) in [5.41, 5.74) is 4.28. The summed E-state index contributed by atoms with van der Waals surface area (Å²) in [4.78, 5) is 7.07. The molecule has 0 aliphatic carbocycles. The molecule has 5 nitrogen and oxygen atoms in total. The maximum atomic E-state index is 5.56. The zero-order valence-corrected chi connectivity index (χ0v) is 17.8. The van der Waals surface area contributed by atoms with Crippen LogP contribution in [0, 0.1) is 13.8 Å². The molecule has 6 heteroatoms. The van der Waals surface area contributed by atoms with Gasteiger partial charge >= 0.3 is 0 Å². The summed E-state index contributed by atoms with van der Waals surface area (Å²) in [5, 5.41) is 7.09. The Kier molecular flexibility index (Phi) is 7.44. The number of rotatable bonds is 6. The SMILES string of the molecule is CN=C(NCCc1cc(C)cc(C)c1)NCC1(N2CCOCC2)CCSC1. The Bertz CT molecular complexity index is 617. The van der Waals surface area contributed by atoms with Gasteiger partial charge in [0, 0.05) is 44.5 Å². The van der Waals surface area contributed by atoms with Gasteiger partial charge in [0.1, 0.15) is 0 Å². The lowest BCUT2D eigenvalue weighted by Gasteiger charge is -2.43. The van der Waals surface area contributed by atoms with Crippen LogP contribution in [0.3, 0.4) is 0 Å². The van der Waals surface area contributed by atoms with E-state index in [4.69, 9.17) is 4.74 Å². The fourth-order valence-corrected chi connectivity index (χ4v) is 5.62. The fourth-order valence-electron chi connectivity index (χ4n) is 4.14. The Hall–Kier alpha value is -1.24. The number of benzene rings is 1. The molecular weight excluding hydrogens is 356 g/mol. The molecule has 2 aliphatic rings. The van der Waals surface area contributed by atoms with E-state index in [9.17, 15) is 0 Å². The van der Waals surface area contributed by atoms with E-state index in [0.717, 1.165) is 51.8 Å². The van der Waals surface area contributed by atoms with E-state index in [-0.39, 0.29) is 5.54 Å². The van der Waals surface area contributed by atoms with Gasteiger partial charge in [-0.05, 0) is 38.0 Å². The summed E-state index contributed by atoms with van der Waals surface area (Å²) < 4.78 is 5.56. The van der Waals surface area contributed by atoms with Gasteiger partial charge in [0.15, 0.2) is 5.96 Å². The van der Waals surface area contributed by atoms with Crippen LogP contribution in [0.5, 0.6) is 0 Å². The van der Waals surface area contributed by atoms with Crippen LogP contribution in [0.25, 0.3) is 0 Å². The van der Waals surface area contributed by atoms with Crippen LogP contribution in [-0.2, 0) is 11.2 Å². The topological polar surface area (TPSA) is 48.9 Å². The number of aryl methyl sites for hydroxylation is 2. The molecule has 0 spiro atoms. The quantitative estimate of drug-likeness (QED) is 0.576. The minimum absolute atomic E-state index is 0.236. The lowest BCUT2D eigenvalue weighted by atomic mass is 9.95. The number of guanidine groups is 1. The van der Waals surface area contributed by atoms with Crippen molar-refractivity contribution in [2.24, 2.45) is 4.99 Å². The maximum Gasteiger partial charge on any atom is 0.191 e.